The first-order valence-electron chi connectivity index (χ1n) is 9.83. The molecule has 3 aromatic rings. The lowest BCUT2D eigenvalue weighted by atomic mass is 10.1. The van der Waals surface area contributed by atoms with E-state index in [9.17, 15) is 9.90 Å². The van der Waals surface area contributed by atoms with Crippen LogP contribution in [0.5, 0.6) is 0 Å². The fourth-order valence-electron chi connectivity index (χ4n) is 3.19. The Hall–Kier alpha value is -3.30. The Balaban J connectivity index is 1.51. The molecule has 9 nitrogen and oxygen atoms in total. The zero-order valence-electron chi connectivity index (χ0n) is 16.4. The van der Waals surface area contributed by atoms with Crippen LogP contribution in [-0.2, 0) is 4.74 Å². The molecule has 1 saturated heterocycles. The summed E-state index contributed by atoms with van der Waals surface area (Å²) in [5.41, 5.74) is 1.39. The third-order valence-corrected chi connectivity index (χ3v) is 4.80. The van der Waals surface area contributed by atoms with Gasteiger partial charge in [-0.15, -0.1) is 0 Å². The van der Waals surface area contributed by atoms with Crippen LogP contribution in [-0.4, -0.2) is 58.8 Å². The van der Waals surface area contributed by atoms with Crippen LogP contribution in [0.25, 0.3) is 11.4 Å². The van der Waals surface area contributed by atoms with Crippen LogP contribution in [0.1, 0.15) is 28.6 Å². The topological polar surface area (TPSA) is 114 Å². The summed E-state index contributed by atoms with van der Waals surface area (Å²) in [6.07, 6.45) is 4.23. The van der Waals surface area contributed by atoms with Crippen LogP contribution in [0.4, 0.5) is 5.95 Å². The number of anilines is 1. The van der Waals surface area contributed by atoms with E-state index in [1.54, 1.807) is 18.3 Å². The SMILES string of the molecule is O=C(NCCC(O)c1ccco1)c1cnc(N2CCOCC2)nc1-c1ccccn1. The van der Waals surface area contributed by atoms with Gasteiger partial charge in [0, 0.05) is 32.0 Å². The van der Waals surface area contributed by atoms with Crippen molar-refractivity contribution in [3.05, 3.63) is 60.3 Å². The Morgan fingerprint density at radius 2 is 2.07 bits per heavy atom. The third-order valence-electron chi connectivity index (χ3n) is 4.80. The highest BCUT2D eigenvalue weighted by atomic mass is 16.5. The molecule has 9 heteroatoms. The zero-order valence-corrected chi connectivity index (χ0v) is 16.4. The smallest absolute Gasteiger partial charge is 0.255 e. The first-order valence-corrected chi connectivity index (χ1v) is 9.83. The Morgan fingerprint density at radius 1 is 1.20 bits per heavy atom. The number of rotatable bonds is 7. The molecule has 1 atom stereocenters. The van der Waals surface area contributed by atoms with Crippen molar-refractivity contribution in [1.29, 1.82) is 0 Å². The number of aliphatic hydroxyl groups excluding tert-OH is 1. The van der Waals surface area contributed by atoms with Crippen LogP contribution < -0.4 is 10.2 Å². The van der Waals surface area contributed by atoms with Crippen molar-refractivity contribution in [3.8, 4) is 11.4 Å². The van der Waals surface area contributed by atoms with Gasteiger partial charge in [0.15, 0.2) is 0 Å². The maximum atomic E-state index is 12.8. The number of amides is 1. The van der Waals surface area contributed by atoms with Gasteiger partial charge >= 0.3 is 0 Å². The van der Waals surface area contributed by atoms with E-state index in [4.69, 9.17) is 9.15 Å². The van der Waals surface area contributed by atoms with Gasteiger partial charge in [-0.1, -0.05) is 6.07 Å². The average molecular weight is 409 g/mol. The molecule has 1 unspecified atom stereocenters. The maximum Gasteiger partial charge on any atom is 0.255 e. The minimum atomic E-state index is -0.782. The minimum Gasteiger partial charge on any atom is -0.467 e. The molecule has 2 N–H and O–H groups in total. The summed E-state index contributed by atoms with van der Waals surface area (Å²) < 4.78 is 10.6. The van der Waals surface area contributed by atoms with E-state index in [2.05, 4.69) is 20.3 Å². The molecule has 4 heterocycles. The van der Waals surface area contributed by atoms with Gasteiger partial charge in [-0.25, -0.2) is 9.97 Å². The number of hydrogen-bond acceptors (Lipinski definition) is 8. The zero-order chi connectivity index (χ0) is 20.8. The number of hydrogen-bond donors (Lipinski definition) is 2. The summed E-state index contributed by atoms with van der Waals surface area (Å²) >= 11 is 0. The summed E-state index contributed by atoms with van der Waals surface area (Å²) in [7, 11) is 0. The molecule has 1 aliphatic heterocycles. The lowest BCUT2D eigenvalue weighted by molar-refractivity contribution is 0.0936. The molecule has 0 saturated carbocycles. The van der Waals surface area contributed by atoms with Crippen LogP contribution in [0.15, 0.2) is 53.4 Å². The van der Waals surface area contributed by atoms with Crippen molar-refractivity contribution in [1.82, 2.24) is 20.3 Å². The summed E-state index contributed by atoms with van der Waals surface area (Å²) in [5.74, 6) is 0.691. The molecular formula is C21H23N5O4. The second-order valence-corrected chi connectivity index (χ2v) is 6.82. The molecule has 3 aromatic heterocycles. The maximum absolute atomic E-state index is 12.8. The van der Waals surface area contributed by atoms with Gasteiger partial charge in [-0.05, 0) is 30.7 Å². The highest BCUT2D eigenvalue weighted by molar-refractivity contribution is 5.99. The van der Waals surface area contributed by atoms with Crippen molar-refractivity contribution in [3.63, 3.8) is 0 Å². The van der Waals surface area contributed by atoms with E-state index in [0.29, 0.717) is 61.4 Å². The Labute approximate surface area is 173 Å². The van der Waals surface area contributed by atoms with Crippen LogP contribution in [0.3, 0.4) is 0 Å². The number of nitrogens with one attached hydrogen (secondary N) is 1. The third kappa shape index (κ3) is 4.64. The lowest BCUT2D eigenvalue weighted by Crippen LogP contribution is -2.37. The van der Waals surface area contributed by atoms with Crippen molar-refractivity contribution >= 4 is 11.9 Å². The summed E-state index contributed by atoms with van der Waals surface area (Å²) in [6, 6.07) is 8.87. The number of nitrogens with zero attached hydrogens (tertiary/aromatic N) is 4. The van der Waals surface area contributed by atoms with Gasteiger partial charge in [0.05, 0.1) is 30.7 Å². The second-order valence-electron chi connectivity index (χ2n) is 6.82. The Bertz CT molecular complexity index is 959. The van der Waals surface area contributed by atoms with Crippen molar-refractivity contribution in [2.24, 2.45) is 0 Å². The van der Waals surface area contributed by atoms with Gasteiger partial charge in [0.25, 0.3) is 5.91 Å². The van der Waals surface area contributed by atoms with Gasteiger partial charge in [-0.2, -0.15) is 0 Å². The highest BCUT2D eigenvalue weighted by Crippen LogP contribution is 2.22. The number of aromatic nitrogens is 3. The van der Waals surface area contributed by atoms with Crippen LogP contribution in [0.2, 0.25) is 0 Å². The number of aliphatic hydroxyl groups is 1. The summed E-state index contributed by atoms with van der Waals surface area (Å²) in [5, 5.41) is 12.9. The molecule has 0 bridgehead atoms. The van der Waals surface area contributed by atoms with E-state index in [1.807, 2.05) is 23.1 Å². The minimum absolute atomic E-state index is 0.271. The Kier molecular flexibility index (Phi) is 6.31. The van der Waals surface area contributed by atoms with E-state index in [0.717, 1.165) is 0 Å². The van der Waals surface area contributed by atoms with E-state index in [1.165, 1.54) is 12.5 Å². The largest absolute Gasteiger partial charge is 0.467 e. The monoisotopic (exact) mass is 409 g/mol. The number of pyridine rings is 1. The molecule has 156 valence electrons. The van der Waals surface area contributed by atoms with E-state index < -0.39 is 6.10 Å². The number of morpholine rings is 1. The summed E-state index contributed by atoms with van der Waals surface area (Å²) in [6.45, 7) is 2.88. The summed E-state index contributed by atoms with van der Waals surface area (Å²) in [4.78, 5) is 28.3. The molecule has 0 aromatic carbocycles. The van der Waals surface area contributed by atoms with Gasteiger partial charge in [0.1, 0.15) is 17.6 Å². The predicted molar refractivity (Wildman–Crippen MR) is 109 cm³/mol. The van der Waals surface area contributed by atoms with E-state index >= 15 is 0 Å². The van der Waals surface area contributed by atoms with Gasteiger partial charge in [0.2, 0.25) is 5.95 Å². The molecular weight excluding hydrogens is 386 g/mol. The number of ether oxygens (including phenoxy) is 1. The van der Waals surface area contributed by atoms with Crippen molar-refractivity contribution < 1.29 is 19.1 Å². The molecule has 30 heavy (non-hydrogen) atoms. The fraction of sp³-hybridized carbons (Fsp3) is 0.333. The average Bonchev–Trinajstić information content (AvgIpc) is 3.35. The Morgan fingerprint density at radius 3 is 2.80 bits per heavy atom. The van der Waals surface area contributed by atoms with Crippen molar-refractivity contribution in [2.75, 3.05) is 37.7 Å². The fourth-order valence-corrected chi connectivity index (χ4v) is 3.19. The number of carbonyl (C=O) groups excluding carboxylic acids is 1. The van der Waals surface area contributed by atoms with Crippen molar-refractivity contribution in [2.45, 2.75) is 12.5 Å². The molecule has 1 fully saturated rings. The molecule has 0 spiro atoms. The second kappa shape index (κ2) is 9.47. The number of furan rings is 1. The molecule has 0 aliphatic carbocycles. The van der Waals surface area contributed by atoms with Gasteiger partial charge in [-0.3, -0.25) is 9.78 Å². The molecule has 1 amide bonds. The molecule has 4 rings (SSSR count). The quantitative estimate of drug-likeness (QED) is 0.608. The highest BCUT2D eigenvalue weighted by Gasteiger charge is 2.21. The first-order chi connectivity index (χ1) is 14.7. The van der Waals surface area contributed by atoms with Crippen LogP contribution in [0, 0.1) is 0 Å². The predicted octanol–water partition coefficient (Wildman–Crippen LogP) is 1.82. The van der Waals surface area contributed by atoms with Gasteiger partial charge < -0.3 is 24.5 Å². The normalized spacial score (nSPS) is 15.0. The molecule has 1 aliphatic rings. The van der Waals surface area contributed by atoms with Crippen LogP contribution >= 0.6 is 0 Å². The lowest BCUT2D eigenvalue weighted by Gasteiger charge is -2.27. The number of carbonyl (C=O) groups is 1. The molecule has 0 radical (unpaired) electrons. The van der Waals surface area contributed by atoms with E-state index in [-0.39, 0.29) is 12.5 Å². The standard InChI is InChI=1S/C21H23N5O4/c27-17(18-5-3-11-30-18)6-8-23-20(28)15-14-24-21(26-9-12-29-13-10-26)25-19(15)16-4-1-2-7-22-16/h1-5,7,11,14,17,27H,6,8-10,12-13H2,(H,23,28). The first kappa shape index (κ1) is 20.0.